The van der Waals surface area contributed by atoms with Gasteiger partial charge in [0.15, 0.2) is 16.4 Å². The van der Waals surface area contributed by atoms with Crippen molar-refractivity contribution in [1.82, 2.24) is 0 Å². The van der Waals surface area contributed by atoms with E-state index < -0.39 is 28.2 Å². The molecule has 0 aliphatic rings. The van der Waals surface area contributed by atoms with Crippen LogP contribution in [0.2, 0.25) is 10.0 Å². The number of rotatable bonds is 5. The number of hydrogen-bond donors (Lipinski definition) is 0. The second-order valence-electron chi connectivity index (χ2n) is 4.89. The molecule has 0 saturated heterocycles. The molecule has 0 atom stereocenters. The Labute approximate surface area is 149 Å². The van der Waals surface area contributed by atoms with E-state index in [2.05, 4.69) is 0 Å². The van der Waals surface area contributed by atoms with Gasteiger partial charge in [-0.1, -0.05) is 35.3 Å². The highest BCUT2D eigenvalue weighted by Crippen LogP contribution is 2.22. The number of sulfone groups is 1. The third-order valence-corrected chi connectivity index (χ3v) is 4.78. The number of ketones is 1. The Kier molecular flexibility index (Phi) is 5.64. The molecule has 0 radical (unpaired) electrons. The zero-order valence-corrected chi connectivity index (χ0v) is 14.8. The summed E-state index contributed by atoms with van der Waals surface area (Å²) in [5.41, 5.74) is 0.0280. The van der Waals surface area contributed by atoms with E-state index in [4.69, 9.17) is 27.9 Å². The smallest absolute Gasteiger partial charge is 0.339 e. The minimum absolute atomic E-state index is 0.130. The van der Waals surface area contributed by atoms with Gasteiger partial charge in [-0.25, -0.2) is 13.2 Å². The van der Waals surface area contributed by atoms with Crippen molar-refractivity contribution in [2.24, 2.45) is 0 Å². The van der Waals surface area contributed by atoms with Crippen LogP contribution in [0.4, 0.5) is 0 Å². The maximum Gasteiger partial charge on any atom is 0.339 e. The van der Waals surface area contributed by atoms with E-state index >= 15 is 0 Å². The van der Waals surface area contributed by atoms with Crippen molar-refractivity contribution in [3.63, 3.8) is 0 Å². The molecule has 0 N–H and O–H groups in total. The molecule has 5 nitrogen and oxygen atoms in total. The second kappa shape index (κ2) is 7.34. The van der Waals surface area contributed by atoms with Crippen LogP contribution in [-0.4, -0.2) is 33.0 Å². The number of hydrogen-bond acceptors (Lipinski definition) is 5. The molecule has 0 heterocycles. The van der Waals surface area contributed by atoms with Crippen molar-refractivity contribution < 1.29 is 22.7 Å². The molecule has 24 heavy (non-hydrogen) atoms. The van der Waals surface area contributed by atoms with Gasteiger partial charge in [-0.05, 0) is 30.3 Å². The molecule has 0 bridgehead atoms. The Hall–Kier alpha value is -1.89. The maximum absolute atomic E-state index is 12.1. The largest absolute Gasteiger partial charge is 0.454 e. The van der Waals surface area contributed by atoms with E-state index in [0.717, 1.165) is 6.26 Å². The number of esters is 1. The molecule has 0 aromatic heterocycles. The van der Waals surface area contributed by atoms with Gasteiger partial charge in [0, 0.05) is 16.8 Å². The summed E-state index contributed by atoms with van der Waals surface area (Å²) in [5.74, 6) is -1.43. The van der Waals surface area contributed by atoms with Crippen molar-refractivity contribution >= 4 is 44.8 Å². The monoisotopic (exact) mass is 386 g/mol. The zero-order chi connectivity index (χ0) is 17.9. The van der Waals surface area contributed by atoms with Crippen molar-refractivity contribution in [3.05, 3.63) is 63.6 Å². The van der Waals surface area contributed by atoms with E-state index in [1.807, 2.05) is 0 Å². The fourth-order valence-electron chi connectivity index (χ4n) is 1.96. The standard InChI is InChI=1S/C16H12Cl2O5S/c1-24(21,22)15-5-3-2-4-12(15)16(20)23-9-14(19)11-7-6-10(17)8-13(11)18/h2-8H,9H2,1H3. The van der Waals surface area contributed by atoms with Gasteiger partial charge < -0.3 is 4.74 Å². The first-order valence-corrected chi connectivity index (χ1v) is 9.29. The van der Waals surface area contributed by atoms with E-state index in [1.54, 1.807) is 0 Å². The fourth-order valence-corrected chi connectivity index (χ4v) is 3.35. The third kappa shape index (κ3) is 4.35. The van der Waals surface area contributed by atoms with E-state index in [1.165, 1.54) is 42.5 Å². The van der Waals surface area contributed by atoms with Crippen LogP contribution in [0, 0.1) is 0 Å². The van der Waals surface area contributed by atoms with Crippen LogP contribution in [-0.2, 0) is 14.6 Å². The number of carbonyl (C=O) groups excluding carboxylic acids is 2. The van der Waals surface area contributed by atoms with Crippen LogP contribution >= 0.6 is 23.2 Å². The first-order valence-electron chi connectivity index (χ1n) is 6.64. The molecule has 0 aliphatic heterocycles. The highest BCUT2D eigenvalue weighted by molar-refractivity contribution is 7.90. The summed E-state index contributed by atoms with van der Waals surface area (Å²) in [7, 11) is -3.60. The molecule has 0 aliphatic carbocycles. The van der Waals surface area contributed by atoms with E-state index in [0.29, 0.717) is 5.02 Å². The number of ether oxygens (including phenoxy) is 1. The Balaban J connectivity index is 2.16. The van der Waals surface area contributed by atoms with Gasteiger partial charge in [-0.2, -0.15) is 0 Å². The molecule has 8 heteroatoms. The van der Waals surface area contributed by atoms with Gasteiger partial charge in [-0.3, -0.25) is 4.79 Å². The molecular formula is C16H12Cl2O5S. The molecule has 0 amide bonds. The summed E-state index contributed by atoms with van der Waals surface area (Å²) in [4.78, 5) is 24.0. The number of Topliss-reactive ketones (excluding diaryl/α,β-unsaturated/α-hetero) is 1. The Morgan fingerprint density at radius 3 is 2.33 bits per heavy atom. The normalized spacial score (nSPS) is 11.1. The lowest BCUT2D eigenvalue weighted by molar-refractivity contribution is 0.0471. The molecule has 126 valence electrons. The van der Waals surface area contributed by atoms with E-state index in [-0.39, 0.29) is 21.0 Å². The highest BCUT2D eigenvalue weighted by atomic mass is 35.5. The molecule has 2 aromatic carbocycles. The lowest BCUT2D eigenvalue weighted by atomic mass is 10.1. The molecular weight excluding hydrogens is 375 g/mol. The van der Waals surface area contributed by atoms with Crippen LogP contribution in [0.3, 0.4) is 0 Å². The highest BCUT2D eigenvalue weighted by Gasteiger charge is 2.20. The summed E-state index contributed by atoms with van der Waals surface area (Å²) >= 11 is 11.7. The predicted molar refractivity (Wildman–Crippen MR) is 90.6 cm³/mol. The van der Waals surface area contributed by atoms with Crippen molar-refractivity contribution in [1.29, 1.82) is 0 Å². The average molecular weight is 387 g/mol. The average Bonchev–Trinajstić information content (AvgIpc) is 2.51. The number of benzene rings is 2. The molecule has 0 saturated carbocycles. The van der Waals surface area contributed by atoms with Crippen molar-refractivity contribution in [3.8, 4) is 0 Å². The number of halogens is 2. The van der Waals surface area contributed by atoms with Gasteiger partial charge in [0.25, 0.3) is 0 Å². The molecule has 2 aromatic rings. The third-order valence-electron chi connectivity index (χ3n) is 3.07. The summed E-state index contributed by atoms with van der Waals surface area (Å²) < 4.78 is 28.3. The molecule has 2 rings (SSSR count). The molecule has 0 fully saturated rings. The van der Waals surface area contributed by atoms with Gasteiger partial charge in [-0.15, -0.1) is 0 Å². The second-order valence-corrected chi connectivity index (χ2v) is 7.72. The van der Waals surface area contributed by atoms with Crippen LogP contribution in [0.5, 0.6) is 0 Å². The number of carbonyl (C=O) groups is 2. The van der Waals surface area contributed by atoms with Crippen LogP contribution in [0.1, 0.15) is 20.7 Å². The summed E-state index contributed by atoms with van der Waals surface area (Å²) in [6, 6.07) is 9.92. The minimum atomic E-state index is -3.60. The van der Waals surface area contributed by atoms with Crippen LogP contribution < -0.4 is 0 Å². The molecule has 0 unspecified atom stereocenters. The Bertz CT molecular complexity index is 906. The topological polar surface area (TPSA) is 77.5 Å². The fraction of sp³-hybridized carbons (Fsp3) is 0.125. The van der Waals surface area contributed by atoms with Gasteiger partial charge in [0.1, 0.15) is 0 Å². The molecule has 0 spiro atoms. The van der Waals surface area contributed by atoms with Crippen LogP contribution in [0.15, 0.2) is 47.4 Å². The van der Waals surface area contributed by atoms with Gasteiger partial charge >= 0.3 is 5.97 Å². The first-order chi connectivity index (χ1) is 11.2. The zero-order valence-electron chi connectivity index (χ0n) is 12.5. The first kappa shape index (κ1) is 18.4. The minimum Gasteiger partial charge on any atom is -0.454 e. The Morgan fingerprint density at radius 2 is 1.71 bits per heavy atom. The van der Waals surface area contributed by atoms with Crippen molar-refractivity contribution in [2.75, 3.05) is 12.9 Å². The lowest BCUT2D eigenvalue weighted by Crippen LogP contribution is -2.16. The van der Waals surface area contributed by atoms with Crippen LogP contribution in [0.25, 0.3) is 0 Å². The summed E-state index contributed by atoms with van der Waals surface area (Å²) in [6.07, 6.45) is 0.984. The lowest BCUT2D eigenvalue weighted by Gasteiger charge is -2.08. The quantitative estimate of drug-likeness (QED) is 0.580. The summed E-state index contributed by atoms with van der Waals surface area (Å²) in [6.45, 7) is -0.571. The van der Waals surface area contributed by atoms with Gasteiger partial charge in [0.05, 0.1) is 15.5 Å². The van der Waals surface area contributed by atoms with Crippen molar-refractivity contribution in [2.45, 2.75) is 4.90 Å². The predicted octanol–water partition coefficient (Wildman–Crippen LogP) is 3.44. The SMILES string of the molecule is CS(=O)(=O)c1ccccc1C(=O)OCC(=O)c1ccc(Cl)cc1Cl. The maximum atomic E-state index is 12.1. The summed E-state index contributed by atoms with van der Waals surface area (Å²) in [5, 5.41) is 0.510. The Morgan fingerprint density at radius 1 is 1.04 bits per heavy atom. The van der Waals surface area contributed by atoms with Gasteiger partial charge in [0.2, 0.25) is 5.78 Å². The van der Waals surface area contributed by atoms with E-state index in [9.17, 15) is 18.0 Å².